The molecule has 5 nitrogen and oxygen atoms in total. The Morgan fingerprint density at radius 3 is 2.65 bits per heavy atom. The molecule has 3 N–H and O–H groups in total. The van der Waals surface area contributed by atoms with Gasteiger partial charge in [0.05, 0.1) is 12.1 Å². The maximum atomic E-state index is 9.35. The van der Waals surface area contributed by atoms with Crippen LogP contribution in [0.5, 0.6) is 0 Å². The predicted octanol–water partition coefficient (Wildman–Crippen LogP) is 2.20. The Morgan fingerprint density at radius 2 is 2.00 bits per heavy atom. The number of aromatic nitrogens is 2. The zero-order chi connectivity index (χ0) is 14.5. The highest BCUT2D eigenvalue weighted by Gasteiger charge is 2.19. The highest BCUT2D eigenvalue weighted by molar-refractivity contribution is 5.91. The topological polar surface area (TPSA) is 75.3 Å². The lowest BCUT2D eigenvalue weighted by molar-refractivity contribution is 0.295. The quantitative estimate of drug-likeness (QED) is 0.790. The number of aliphatic hydroxyl groups is 1. The lowest BCUT2D eigenvalue weighted by Gasteiger charge is -2.31. The smallest absolute Gasteiger partial charge is 0.140 e. The van der Waals surface area contributed by atoms with Crippen molar-refractivity contribution < 1.29 is 5.11 Å². The van der Waals surface area contributed by atoms with E-state index in [1.54, 1.807) is 6.33 Å². The maximum absolute atomic E-state index is 9.35. The van der Waals surface area contributed by atoms with Crippen molar-refractivity contribution in [2.24, 2.45) is 0 Å². The number of hydrogen-bond donors (Lipinski definition) is 2. The first-order chi connectivity index (χ1) is 9.71. The summed E-state index contributed by atoms with van der Waals surface area (Å²) in [6.45, 7) is 4.99. The third kappa shape index (κ3) is 2.82. The fourth-order valence-corrected chi connectivity index (χ4v) is 2.59. The molecule has 1 heterocycles. The molecule has 0 aliphatic carbocycles. The van der Waals surface area contributed by atoms with Gasteiger partial charge in [-0.15, -0.1) is 0 Å². The summed E-state index contributed by atoms with van der Waals surface area (Å²) in [6, 6.07) is 6.02. The molecule has 108 valence electrons. The van der Waals surface area contributed by atoms with E-state index in [0.717, 1.165) is 29.6 Å². The van der Waals surface area contributed by atoms with E-state index in [9.17, 15) is 5.11 Å². The Balaban J connectivity index is 2.52. The minimum atomic E-state index is 0.108. The van der Waals surface area contributed by atoms with Gasteiger partial charge < -0.3 is 15.7 Å². The Kier molecular flexibility index (Phi) is 4.74. The number of nitrogen functional groups attached to an aromatic ring is 1. The van der Waals surface area contributed by atoms with Crippen LogP contribution in [0.3, 0.4) is 0 Å². The molecule has 0 aliphatic heterocycles. The molecule has 0 fully saturated rings. The molecule has 2 rings (SSSR count). The molecule has 1 aromatic carbocycles. The molecule has 0 radical (unpaired) electrons. The van der Waals surface area contributed by atoms with Gasteiger partial charge >= 0.3 is 0 Å². The zero-order valence-electron chi connectivity index (χ0n) is 12.1. The van der Waals surface area contributed by atoms with Crippen LogP contribution in [0, 0.1) is 0 Å². The summed E-state index contributed by atoms with van der Waals surface area (Å²) in [5, 5.41) is 10.3. The lowest BCUT2D eigenvalue weighted by Crippen LogP contribution is -2.37. The second-order valence-corrected chi connectivity index (χ2v) is 4.86. The predicted molar refractivity (Wildman–Crippen MR) is 82.8 cm³/mol. The lowest BCUT2D eigenvalue weighted by atomic mass is 10.1. The van der Waals surface area contributed by atoms with Crippen LogP contribution in [0.2, 0.25) is 0 Å². The molecule has 0 bridgehead atoms. The van der Waals surface area contributed by atoms with E-state index in [-0.39, 0.29) is 6.61 Å². The van der Waals surface area contributed by atoms with E-state index in [1.165, 1.54) is 0 Å². The first-order valence-electron chi connectivity index (χ1n) is 7.09. The fraction of sp³-hybridized carbons (Fsp3) is 0.467. The second kappa shape index (κ2) is 6.52. The molecular formula is C15H22N4O. The summed E-state index contributed by atoms with van der Waals surface area (Å²) in [5.41, 5.74) is 7.34. The third-order valence-corrected chi connectivity index (χ3v) is 3.64. The summed E-state index contributed by atoms with van der Waals surface area (Å²) in [6.07, 6.45) is 3.58. The first-order valence-corrected chi connectivity index (χ1v) is 7.09. The van der Waals surface area contributed by atoms with Crippen molar-refractivity contribution >= 4 is 22.4 Å². The molecule has 0 aliphatic rings. The van der Waals surface area contributed by atoms with Gasteiger partial charge in [0.15, 0.2) is 0 Å². The maximum Gasteiger partial charge on any atom is 0.140 e. The Labute approximate surface area is 119 Å². The highest BCUT2D eigenvalue weighted by atomic mass is 16.3. The van der Waals surface area contributed by atoms with Crippen molar-refractivity contribution in [3.05, 3.63) is 24.5 Å². The molecule has 5 heteroatoms. The normalized spacial score (nSPS) is 11.2. The van der Waals surface area contributed by atoms with Gasteiger partial charge in [-0.25, -0.2) is 9.97 Å². The van der Waals surface area contributed by atoms with E-state index < -0.39 is 0 Å². The molecule has 0 amide bonds. The molecule has 0 saturated heterocycles. The van der Waals surface area contributed by atoms with Crippen LogP contribution in [0.1, 0.15) is 26.7 Å². The molecule has 1 aromatic heterocycles. The average molecular weight is 274 g/mol. The van der Waals surface area contributed by atoms with Crippen molar-refractivity contribution in [2.75, 3.05) is 23.8 Å². The molecular weight excluding hydrogens is 252 g/mol. The Bertz CT molecular complexity index is 569. The summed E-state index contributed by atoms with van der Waals surface area (Å²) in [4.78, 5) is 10.9. The van der Waals surface area contributed by atoms with Crippen molar-refractivity contribution in [3.63, 3.8) is 0 Å². The van der Waals surface area contributed by atoms with Gasteiger partial charge in [-0.05, 0) is 31.0 Å². The second-order valence-electron chi connectivity index (χ2n) is 4.86. The molecule has 0 atom stereocenters. The largest absolute Gasteiger partial charge is 0.399 e. The van der Waals surface area contributed by atoms with Gasteiger partial charge in [-0.2, -0.15) is 0 Å². The molecule has 20 heavy (non-hydrogen) atoms. The van der Waals surface area contributed by atoms with E-state index in [1.807, 2.05) is 18.2 Å². The summed E-state index contributed by atoms with van der Waals surface area (Å²) in [7, 11) is 0. The summed E-state index contributed by atoms with van der Waals surface area (Å²) in [5.74, 6) is 0.873. The minimum Gasteiger partial charge on any atom is -0.399 e. The van der Waals surface area contributed by atoms with Crippen LogP contribution in [-0.2, 0) is 0 Å². The van der Waals surface area contributed by atoms with Crippen LogP contribution >= 0.6 is 0 Å². The number of anilines is 2. The molecule has 0 spiro atoms. The van der Waals surface area contributed by atoms with Crippen LogP contribution < -0.4 is 10.6 Å². The Morgan fingerprint density at radius 1 is 1.25 bits per heavy atom. The van der Waals surface area contributed by atoms with Gasteiger partial charge in [0, 0.05) is 23.7 Å². The van der Waals surface area contributed by atoms with Gasteiger partial charge in [0.25, 0.3) is 0 Å². The van der Waals surface area contributed by atoms with E-state index in [4.69, 9.17) is 5.73 Å². The van der Waals surface area contributed by atoms with Crippen molar-refractivity contribution in [2.45, 2.75) is 32.7 Å². The van der Waals surface area contributed by atoms with Gasteiger partial charge in [-0.3, -0.25) is 0 Å². The van der Waals surface area contributed by atoms with Gasteiger partial charge in [0.1, 0.15) is 12.1 Å². The third-order valence-electron chi connectivity index (χ3n) is 3.64. The van der Waals surface area contributed by atoms with Gasteiger partial charge in [0.2, 0.25) is 0 Å². The number of benzene rings is 1. The number of fused-ring (bicyclic) bond motifs is 1. The fourth-order valence-electron chi connectivity index (χ4n) is 2.59. The van der Waals surface area contributed by atoms with E-state index in [0.29, 0.717) is 18.3 Å². The number of nitrogens with zero attached hydrogens (tertiary/aromatic N) is 3. The highest BCUT2D eigenvalue weighted by Crippen LogP contribution is 2.27. The van der Waals surface area contributed by atoms with Gasteiger partial charge in [-0.1, -0.05) is 13.8 Å². The van der Waals surface area contributed by atoms with E-state index >= 15 is 0 Å². The van der Waals surface area contributed by atoms with Crippen LogP contribution in [0.4, 0.5) is 11.5 Å². The number of aliphatic hydroxyl groups excluding tert-OH is 1. The molecule has 2 aromatic rings. The number of rotatable bonds is 6. The van der Waals surface area contributed by atoms with Crippen molar-refractivity contribution in [3.8, 4) is 0 Å². The number of nitrogens with two attached hydrogens (primary N) is 1. The van der Waals surface area contributed by atoms with E-state index in [2.05, 4.69) is 28.7 Å². The van der Waals surface area contributed by atoms with Crippen molar-refractivity contribution in [1.82, 2.24) is 9.97 Å². The SMILES string of the molecule is CCC(CC)N(CCO)c1ncnc2cc(N)ccc12. The molecule has 0 unspecified atom stereocenters. The number of hydrogen-bond acceptors (Lipinski definition) is 5. The van der Waals surface area contributed by atoms with Crippen molar-refractivity contribution in [1.29, 1.82) is 0 Å². The van der Waals surface area contributed by atoms with Crippen LogP contribution in [0.15, 0.2) is 24.5 Å². The minimum absolute atomic E-state index is 0.108. The summed E-state index contributed by atoms with van der Waals surface area (Å²) >= 11 is 0. The Hall–Kier alpha value is -1.88. The first kappa shape index (κ1) is 14.5. The van der Waals surface area contributed by atoms with Crippen LogP contribution in [-0.4, -0.2) is 34.3 Å². The average Bonchev–Trinajstić information content (AvgIpc) is 2.46. The zero-order valence-corrected chi connectivity index (χ0v) is 12.1. The monoisotopic (exact) mass is 274 g/mol. The summed E-state index contributed by atoms with van der Waals surface area (Å²) < 4.78 is 0. The standard InChI is InChI=1S/C15H22N4O/c1-3-12(4-2)19(7-8-20)15-13-6-5-11(16)9-14(13)17-10-18-15/h5-6,9-10,12,20H,3-4,7-8,16H2,1-2H3. The molecule has 0 saturated carbocycles. The van der Waals surface area contributed by atoms with Crippen LogP contribution in [0.25, 0.3) is 10.9 Å².